The normalized spacial score (nSPS) is 12.7. The maximum Gasteiger partial charge on any atom is 1.00 e. The number of hydrogen-bond donors (Lipinski definition) is 0. The van der Waals surface area contributed by atoms with Crippen molar-refractivity contribution >= 4 is 13.8 Å². The van der Waals surface area contributed by atoms with Crippen molar-refractivity contribution in [3.8, 4) is 5.75 Å². The second kappa shape index (κ2) is 8.13. The fraction of sp³-hybridized carbons (Fsp3) is 0.188. The fourth-order valence-electron chi connectivity index (χ4n) is 2.28. The van der Waals surface area contributed by atoms with Crippen LogP contribution in [0.25, 0.3) is 0 Å². The summed E-state index contributed by atoms with van der Waals surface area (Å²) in [4.78, 5) is 24.0. The summed E-state index contributed by atoms with van der Waals surface area (Å²) in [6.45, 7) is 5.35. The molecule has 0 radical (unpaired) electrons. The molecule has 5 nitrogen and oxygen atoms in total. The second-order valence-electron chi connectivity index (χ2n) is 5.00. The molecule has 1 atom stereocenters. The summed E-state index contributed by atoms with van der Waals surface area (Å²) in [5.41, 5.74) is 2.53. The zero-order valence-electron chi connectivity index (χ0n) is 13.5. The third-order valence-electron chi connectivity index (χ3n) is 3.04. The molecule has 0 N–H and O–H groups in total. The molecular weight excluding hydrogens is 326 g/mol. The van der Waals surface area contributed by atoms with Gasteiger partial charge in [-0.25, -0.2) is 9.36 Å². The summed E-state index contributed by atoms with van der Waals surface area (Å²) < 4.78 is 21.2. The molecule has 7 heteroatoms. The minimum absolute atomic E-state index is 0. The summed E-state index contributed by atoms with van der Waals surface area (Å²) in [5, 5.41) is 0. The molecule has 0 aliphatic rings. The number of rotatable bonds is 4. The first-order valence-electron chi connectivity index (χ1n) is 6.66. The molecule has 0 spiro atoms. The van der Waals surface area contributed by atoms with E-state index >= 15 is 0 Å². The topological polar surface area (TPSA) is 75.7 Å². The van der Waals surface area contributed by atoms with Crippen LogP contribution in [0.1, 0.15) is 27.0 Å². The van der Waals surface area contributed by atoms with Crippen molar-refractivity contribution in [3.63, 3.8) is 0 Å². The van der Waals surface area contributed by atoms with E-state index in [1.54, 1.807) is 44.2 Å². The van der Waals surface area contributed by atoms with Crippen molar-refractivity contribution in [3.05, 3.63) is 64.7 Å². The predicted molar refractivity (Wildman–Crippen MR) is 80.7 cm³/mol. The van der Waals surface area contributed by atoms with Gasteiger partial charge in [-0.1, -0.05) is 35.9 Å². The van der Waals surface area contributed by atoms with Gasteiger partial charge in [-0.05, 0) is 44.0 Å². The Kier molecular flexibility index (Phi) is 7.05. The number of aryl methyl sites for hydroxylation is 3. The van der Waals surface area contributed by atoms with Gasteiger partial charge in [-0.3, -0.25) is 0 Å². The Labute approximate surface area is 157 Å². The number of carbonyl (C=O) groups is 1. The molecule has 1 unspecified atom stereocenters. The molecule has 2 aromatic carbocycles. The van der Waals surface area contributed by atoms with E-state index in [-0.39, 0.29) is 40.9 Å². The van der Waals surface area contributed by atoms with Crippen molar-refractivity contribution < 1.29 is 52.9 Å². The van der Waals surface area contributed by atoms with Gasteiger partial charge in [0.15, 0.2) is 0 Å². The SMILES string of the molecule is Cc1cc(C)c(C(=O)OP(=O)([O-])Oc2ccccc2)c(C)c1.[Na+]. The van der Waals surface area contributed by atoms with Crippen LogP contribution in [0.3, 0.4) is 0 Å². The van der Waals surface area contributed by atoms with Crippen molar-refractivity contribution in [1.82, 2.24) is 0 Å². The zero-order chi connectivity index (χ0) is 16.3. The van der Waals surface area contributed by atoms with E-state index in [1.807, 2.05) is 6.92 Å². The zero-order valence-corrected chi connectivity index (χ0v) is 16.4. The quantitative estimate of drug-likeness (QED) is 0.591. The summed E-state index contributed by atoms with van der Waals surface area (Å²) >= 11 is 0. The number of hydrogen-bond acceptors (Lipinski definition) is 5. The third-order valence-corrected chi connectivity index (χ3v) is 3.86. The summed E-state index contributed by atoms with van der Waals surface area (Å²) in [6.07, 6.45) is 0. The van der Waals surface area contributed by atoms with Gasteiger partial charge in [0.2, 0.25) is 0 Å². The van der Waals surface area contributed by atoms with E-state index in [0.717, 1.165) is 5.56 Å². The predicted octanol–water partition coefficient (Wildman–Crippen LogP) is 0.320. The average Bonchev–Trinajstić information content (AvgIpc) is 2.36. The van der Waals surface area contributed by atoms with Crippen LogP contribution in [0.2, 0.25) is 0 Å². The molecule has 0 aliphatic heterocycles. The Hall–Kier alpha value is -1.10. The maximum atomic E-state index is 12.1. The summed E-state index contributed by atoms with van der Waals surface area (Å²) in [6, 6.07) is 11.4. The largest absolute Gasteiger partial charge is 1.00 e. The van der Waals surface area contributed by atoms with Gasteiger partial charge < -0.3 is 13.9 Å². The first-order chi connectivity index (χ1) is 10.3. The molecule has 2 rings (SSSR count). The Bertz CT molecular complexity index is 722. The van der Waals surface area contributed by atoms with E-state index in [2.05, 4.69) is 4.52 Å². The Balaban J connectivity index is 0.00000264. The Morgan fingerprint density at radius 2 is 1.57 bits per heavy atom. The minimum atomic E-state index is -4.79. The van der Waals surface area contributed by atoms with Crippen LogP contribution in [0.5, 0.6) is 5.75 Å². The van der Waals surface area contributed by atoms with E-state index in [4.69, 9.17) is 4.52 Å². The van der Waals surface area contributed by atoms with Gasteiger partial charge in [0, 0.05) is 0 Å². The van der Waals surface area contributed by atoms with Crippen molar-refractivity contribution in [1.29, 1.82) is 0 Å². The molecule has 0 heterocycles. The number of phosphoric ester groups is 1. The van der Waals surface area contributed by atoms with Gasteiger partial charge in [0.25, 0.3) is 0 Å². The molecular formula is C16H16NaO5P. The average molecular weight is 342 g/mol. The number of benzene rings is 2. The van der Waals surface area contributed by atoms with Gasteiger partial charge in [-0.2, -0.15) is 0 Å². The van der Waals surface area contributed by atoms with Crippen molar-refractivity contribution in [2.24, 2.45) is 0 Å². The van der Waals surface area contributed by atoms with Gasteiger partial charge >= 0.3 is 43.3 Å². The van der Waals surface area contributed by atoms with Crippen LogP contribution in [-0.4, -0.2) is 5.97 Å². The molecule has 0 aromatic heterocycles. The molecule has 0 aliphatic carbocycles. The van der Waals surface area contributed by atoms with Gasteiger partial charge in [0.05, 0.1) is 5.56 Å². The van der Waals surface area contributed by atoms with Crippen LogP contribution >= 0.6 is 7.82 Å². The number of phosphoric acid groups is 1. The minimum Gasteiger partial charge on any atom is -0.736 e. The molecule has 0 saturated heterocycles. The van der Waals surface area contributed by atoms with Crippen LogP contribution in [0.4, 0.5) is 0 Å². The summed E-state index contributed by atoms with van der Waals surface area (Å²) in [7, 11) is -4.79. The van der Waals surface area contributed by atoms with Crippen molar-refractivity contribution in [2.75, 3.05) is 0 Å². The smallest absolute Gasteiger partial charge is 0.736 e. The molecule has 116 valence electrons. The van der Waals surface area contributed by atoms with Crippen LogP contribution in [0.15, 0.2) is 42.5 Å². The van der Waals surface area contributed by atoms with Crippen molar-refractivity contribution in [2.45, 2.75) is 20.8 Å². The molecule has 23 heavy (non-hydrogen) atoms. The van der Waals surface area contributed by atoms with E-state index in [9.17, 15) is 14.3 Å². The van der Waals surface area contributed by atoms with Crippen LogP contribution < -0.4 is 39.0 Å². The molecule has 0 saturated carbocycles. The first kappa shape index (κ1) is 19.9. The third kappa shape index (κ3) is 5.48. The number of para-hydroxylation sites is 1. The molecule has 0 fully saturated rings. The van der Waals surface area contributed by atoms with E-state index in [1.165, 1.54) is 12.1 Å². The Morgan fingerprint density at radius 1 is 1.04 bits per heavy atom. The second-order valence-corrected chi connectivity index (χ2v) is 6.26. The first-order valence-corrected chi connectivity index (χ1v) is 8.12. The molecule has 0 amide bonds. The number of carbonyl (C=O) groups excluding carboxylic acids is 1. The van der Waals surface area contributed by atoms with Gasteiger partial charge in [0.1, 0.15) is 5.75 Å². The molecule has 0 bridgehead atoms. The fourth-order valence-corrected chi connectivity index (χ4v) is 2.99. The molecule has 2 aromatic rings. The monoisotopic (exact) mass is 342 g/mol. The van der Waals surface area contributed by atoms with Crippen LogP contribution in [0, 0.1) is 20.8 Å². The van der Waals surface area contributed by atoms with E-state index < -0.39 is 13.8 Å². The summed E-state index contributed by atoms with van der Waals surface area (Å²) in [5.74, 6) is -0.852. The standard InChI is InChI=1S/C16H17O5P.Na/c1-11-9-12(2)15(13(3)10-11)16(17)21-22(18,19)20-14-7-5-4-6-8-14;/h4-10H,1-3H3,(H,18,19);/q;+1/p-1. The Morgan fingerprint density at radius 3 is 2.09 bits per heavy atom. The van der Waals surface area contributed by atoms with Gasteiger partial charge in [-0.15, -0.1) is 0 Å². The maximum absolute atomic E-state index is 12.1. The van der Waals surface area contributed by atoms with Crippen LogP contribution in [-0.2, 0) is 9.09 Å². The van der Waals surface area contributed by atoms with E-state index in [0.29, 0.717) is 11.1 Å².